The molecule has 8 nitrogen and oxygen atoms in total. The van der Waals surface area contributed by atoms with E-state index in [1.165, 1.54) is 37.7 Å². The number of carbonyl (C=O) groups is 2. The van der Waals surface area contributed by atoms with Crippen molar-refractivity contribution in [2.75, 3.05) is 26.0 Å². The molecule has 3 N–H and O–H groups in total. The van der Waals surface area contributed by atoms with Crippen molar-refractivity contribution < 1.29 is 9.59 Å². The van der Waals surface area contributed by atoms with Crippen LogP contribution in [0.25, 0.3) is 0 Å². The van der Waals surface area contributed by atoms with Crippen LogP contribution in [-0.4, -0.2) is 54.4 Å². The average molecular weight is 595 g/mol. The summed E-state index contributed by atoms with van der Waals surface area (Å²) in [5, 5.41) is 10.3. The van der Waals surface area contributed by atoms with Gasteiger partial charge in [-0.25, -0.2) is 9.79 Å². The molecule has 1 heterocycles. The lowest BCUT2D eigenvalue weighted by atomic mass is 9.79. The maximum Gasteiger partial charge on any atom is 0.317 e. The number of nitrogens with one attached hydrogen (secondary N) is 3. The molecular weight excluding hydrogens is 548 g/mol. The lowest BCUT2D eigenvalue weighted by Gasteiger charge is -2.46. The van der Waals surface area contributed by atoms with E-state index < -0.39 is 11.6 Å². The van der Waals surface area contributed by atoms with Crippen molar-refractivity contribution in [3.63, 3.8) is 0 Å². The maximum absolute atomic E-state index is 13.6. The predicted octanol–water partition coefficient (Wildman–Crippen LogP) is 6.21. The van der Waals surface area contributed by atoms with Gasteiger partial charge in [0.25, 0.3) is 0 Å². The first-order chi connectivity index (χ1) is 21.3. The van der Waals surface area contributed by atoms with E-state index >= 15 is 0 Å². The number of benzene rings is 3. The molecule has 1 fully saturated rings. The Morgan fingerprint density at radius 2 is 1.64 bits per heavy atom. The molecule has 2 aliphatic rings. The number of hydrogen-bond donors (Lipinski definition) is 3. The van der Waals surface area contributed by atoms with Gasteiger partial charge in [-0.15, -0.1) is 0 Å². The third-order valence-corrected chi connectivity index (χ3v) is 9.23. The number of fused-ring (bicyclic) bond motifs is 1. The van der Waals surface area contributed by atoms with E-state index in [1.54, 1.807) is 25.9 Å². The van der Waals surface area contributed by atoms with Crippen LogP contribution in [0.3, 0.4) is 0 Å². The number of amides is 3. The van der Waals surface area contributed by atoms with Gasteiger partial charge in [-0.2, -0.15) is 0 Å². The van der Waals surface area contributed by atoms with Crippen LogP contribution < -0.4 is 16.0 Å². The molecule has 5 rings (SSSR count). The fourth-order valence-corrected chi connectivity index (χ4v) is 6.50. The first-order valence-corrected chi connectivity index (χ1v) is 15.8. The van der Waals surface area contributed by atoms with Gasteiger partial charge in [0.1, 0.15) is 5.54 Å². The van der Waals surface area contributed by atoms with Crippen molar-refractivity contribution in [3.05, 3.63) is 101 Å². The van der Waals surface area contributed by atoms with Crippen LogP contribution in [0.4, 0.5) is 10.5 Å². The number of para-hydroxylation sites is 1. The number of guanidine groups is 1. The second-order valence-corrected chi connectivity index (χ2v) is 12.4. The molecule has 0 saturated heterocycles. The van der Waals surface area contributed by atoms with E-state index in [0.717, 1.165) is 22.4 Å². The van der Waals surface area contributed by atoms with Crippen LogP contribution in [0.2, 0.25) is 0 Å². The summed E-state index contributed by atoms with van der Waals surface area (Å²) in [5.74, 6) is 1.13. The molecule has 0 bridgehead atoms. The van der Waals surface area contributed by atoms with Crippen LogP contribution in [-0.2, 0) is 23.4 Å². The molecule has 1 aliphatic carbocycles. The standard InChI is InChI=1S/C36H46N6O2/c1-26(42(27(2)43)24-28-13-7-5-8-14-28)36(40-35(44)41(3)4,25-38-34-37-23-31-17-11-12-18-33(31)39-34)32-21-19-30(20-22-32)29-15-9-6-10-16-29/h5,7-8,11-14,17-22,26,29H,6,9-10,15-16,23-25H2,1-4H3,(H,40,44)(H2,37,38,39). The first-order valence-electron chi connectivity index (χ1n) is 15.8. The highest BCUT2D eigenvalue weighted by Crippen LogP contribution is 2.35. The second-order valence-electron chi connectivity index (χ2n) is 12.4. The van der Waals surface area contributed by atoms with Gasteiger partial charge in [-0.1, -0.05) is 92.1 Å². The number of carbonyl (C=O) groups excluding carboxylic acids is 2. The molecule has 2 unspecified atom stereocenters. The number of urea groups is 1. The quantitative estimate of drug-likeness (QED) is 0.275. The Morgan fingerprint density at radius 3 is 2.32 bits per heavy atom. The highest BCUT2D eigenvalue weighted by molar-refractivity contribution is 5.95. The zero-order valence-corrected chi connectivity index (χ0v) is 26.5. The van der Waals surface area contributed by atoms with Crippen molar-refractivity contribution in [3.8, 4) is 0 Å². The molecule has 8 heteroatoms. The molecule has 232 valence electrons. The van der Waals surface area contributed by atoms with E-state index in [9.17, 15) is 9.59 Å². The summed E-state index contributed by atoms with van der Waals surface area (Å²) >= 11 is 0. The summed E-state index contributed by atoms with van der Waals surface area (Å²) < 4.78 is 0. The van der Waals surface area contributed by atoms with E-state index in [1.807, 2.05) is 60.4 Å². The van der Waals surface area contributed by atoms with Crippen molar-refractivity contribution >= 4 is 23.6 Å². The molecule has 1 aliphatic heterocycles. The van der Waals surface area contributed by atoms with Gasteiger partial charge in [-0.3, -0.25) is 4.79 Å². The number of anilines is 1. The second kappa shape index (κ2) is 14.0. The third-order valence-electron chi connectivity index (χ3n) is 9.23. The average Bonchev–Trinajstić information content (AvgIpc) is 3.06. The zero-order valence-electron chi connectivity index (χ0n) is 26.5. The van der Waals surface area contributed by atoms with Crippen LogP contribution in [0.5, 0.6) is 0 Å². The molecular formula is C36H46N6O2. The Hall–Kier alpha value is -4.33. The van der Waals surface area contributed by atoms with E-state index in [2.05, 4.69) is 46.3 Å². The molecule has 44 heavy (non-hydrogen) atoms. The Morgan fingerprint density at radius 1 is 0.955 bits per heavy atom. The first kappa shape index (κ1) is 31.1. The molecule has 3 aromatic carbocycles. The smallest absolute Gasteiger partial charge is 0.317 e. The number of rotatable bonds is 9. The van der Waals surface area contributed by atoms with Gasteiger partial charge in [0, 0.05) is 39.8 Å². The lowest BCUT2D eigenvalue weighted by molar-refractivity contribution is -0.133. The number of nitrogens with zero attached hydrogens (tertiary/aromatic N) is 3. The summed E-state index contributed by atoms with van der Waals surface area (Å²) in [7, 11) is 3.47. The van der Waals surface area contributed by atoms with Crippen LogP contribution in [0.15, 0.2) is 83.9 Å². The van der Waals surface area contributed by atoms with E-state index in [0.29, 0.717) is 31.5 Å². The number of hydrogen-bond acceptors (Lipinski definition) is 5. The molecule has 0 radical (unpaired) electrons. The predicted molar refractivity (Wildman–Crippen MR) is 177 cm³/mol. The van der Waals surface area contributed by atoms with Gasteiger partial charge in [0.05, 0.1) is 12.6 Å². The molecule has 0 aromatic heterocycles. The Kier molecular flexibility index (Phi) is 9.88. The van der Waals surface area contributed by atoms with Gasteiger partial charge in [0.2, 0.25) is 5.91 Å². The Labute approximate surface area is 261 Å². The van der Waals surface area contributed by atoms with E-state index in [-0.39, 0.29) is 11.9 Å². The summed E-state index contributed by atoms with van der Waals surface area (Å²) in [6.45, 7) is 4.91. The third kappa shape index (κ3) is 7.07. The minimum Gasteiger partial charge on any atom is -0.353 e. The van der Waals surface area contributed by atoms with Crippen molar-refractivity contribution in [1.82, 2.24) is 20.4 Å². The van der Waals surface area contributed by atoms with Crippen molar-refractivity contribution in [2.24, 2.45) is 4.99 Å². The molecule has 3 amide bonds. The Balaban J connectivity index is 1.54. The fraction of sp³-hybridized carbons (Fsp3) is 0.417. The summed E-state index contributed by atoms with van der Waals surface area (Å²) in [5.41, 5.74) is 4.44. The maximum atomic E-state index is 13.6. The summed E-state index contributed by atoms with van der Waals surface area (Å²) in [4.78, 5) is 35.0. The van der Waals surface area contributed by atoms with E-state index in [4.69, 9.17) is 4.99 Å². The highest BCUT2D eigenvalue weighted by atomic mass is 16.2. The van der Waals surface area contributed by atoms with Gasteiger partial charge in [0.15, 0.2) is 5.96 Å². The summed E-state index contributed by atoms with van der Waals surface area (Å²) in [6.07, 6.45) is 6.26. The van der Waals surface area contributed by atoms with Gasteiger partial charge in [-0.05, 0) is 54.0 Å². The lowest BCUT2D eigenvalue weighted by Crippen LogP contribution is -2.65. The van der Waals surface area contributed by atoms with Crippen LogP contribution in [0.1, 0.15) is 74.1 Å². The molecule has 2 atom stereocenters. The fourth-order valence-electron chi connectivity index (χ4n) is 6.50. The van der Waals surface area contributed by atoms with Gasteiger partial charge < -0.3 is 25.8 Å². The highest BCUT2D eigenvalue weighted by Gasteiger charge is 2.44. The topological polar surface area (TPSA) is 89.1 Å². The van der Waals surface area contributed by atoms with Crippen LogP contribution in [0, 0.1) is 0 Å². The molecule has 0 spiro atoms. The Bertz CT molecular complexity index is 1450. The molecule has 1 saturated carbocycles. The monoisotopic (exact) mass is 594 g/mol. The number of aliphatic imine (C=N–C) groups is 1. The van der Waals surface area contributed by atoms with Crippen LogP contribution >= 0.6 is 0 Å². The minimum absolute atomic E-state index is 0.0642. The van der Waals surface area contributed by atoms with Crippen molar-refractivity contribution in [2.45, 2.75) is 76.5 Å². The zero-order chi connectivity index (χ0) is 31.1. The van der Waals surface area contributed by atoms with Gasteiger partial charge >= 0.3 is 6.03 Å². The summed E-state index contributed by atoms with van der Waals surface area (Å²) in [6, 6.07) is 26.2. The normalized spacial score (nSPS) is 16.8. The largest absolute Gasteiger partial charge is 0.353 e. The molecule has 3 aromatic rings. The SMILES string of the molecule is CC(=O)N(Cc1ccccc1)C(C)C(CNC1=NCc2ccccc2N1)(NC(=O)N(C)C)c1ccc(C2CCCCC2)cc1. The minimum atomic E-state index is -0.992. The van der Waals surface area contributed by atoms with Crippen molar-refractivity contribution in [1.29, 1.82) is 0 Å².